The summed E-state index contributed by atoms with van der Waals surface area (Å²) in [5.41, 5.74) is 2.96. The van der Waals surface area contributed by atoms with Crippen molar-refractivity contribution < 1.29 is 4.79 Å². The van der Waals surface area contributed by atoms with Gasteiger partial charge in [-0.3, -0.25) is 0 Å². The molecule has 0 radical (unpaired) electrons. The van der Waals surface area contributed by atoms with Crippen LogP contribution >= 0.6 is 0 Å². The Morgan fingerprint density at radius 1 is 1.14 bits per heavy atom. The van der Waals surface area contributed by atoms with E-state index in [0.29, 0.717) is 6.04 Å². The van der Waals surface area contributed by atoms with Crippen LogP contribution in [0.4, 0.5) is 10.5 Å². The SMILES string of the molecule is C[C@@H](CCc1ccccc1)NC(=O)Nc1ccc(-c2nnnn2C2CC2)cc1. The molecule has 1 fully saturated rings. The van der Waals surface area contributed by atoms with Gasteiger partial charge in [0.05, 0.1) is 6.04 Å². The van der Waals surface area contributed by atoms with Gasteiger partial charge in [-0.2, -0.15) is 0 Å². The minimum atomic E-state index is -0.198. The lowest BCUT2D eigenvalue weighted by molar-refractivity contribution is 0.248. The molecule has 28 heavy (non-hydrogen) atoms. The van der Waals surface area contributed by atoms with Gasteiger partial charge in [-0.1, -0.05) is 30.3 Å². The fourth-order valence-corrected chi connectivity index (χ4v) is 3.14. The van der Waals surface area contributed by atoms with Crippen molar-refractivity contribution in [2.45, 2.75) is 44.7 Å². The van der Waals surface area contributed by atoms with E-state index in [1.807, 2.05) is 54.1 Å². The third kappa shape index (κ3) is 4.54. The fourth-order valence-electron chi connectivity index (χ4n) is 3.14. The highest BCUT2D eigenvalue weighted by Gasteiger charge is 2.28. The first kappa shape index (κ1) is 18.2. The van der Waals surface area contributed by atoms with Crippen LogP contribution in [0, 0.1) is 0 Å². The summed E-state index contributed by atoms with van der Waals surface area (Å²) in [7, 11) is 0. The number of anilines is 1. The number of nitrogens with zero attached hydrogens (tertiary/aromatic N) is 4. The molecule has 0 spiro atoms. The Bertz CT molecular complexity index is 918. The molecule has 2 amide bonds. The lowest BCUT2D eigenvalue weighted by Crippen LogP contribution is -2.36. The van der Waals surface area contributed by atoms with Crippen LogP contribution in [0.3, 0.4) is 0 Å². The molecule has 0 aliphatic heterocycles. The van der Waals surface area contributed by atoms with Crippen LogP contribution in [0.1, 0.15) is 37.8 Å². The molecule has 1 atom stereocenters. The predicted octanol–water partition coefficient (Wildman–Crippen LogP) is 3.82. The Kier molecular flexibility index (Phi) is 5.32. The van der Waals surface area contributed by atoms with Crippen LogP contribution in [-0.4, -0.2) is 32.3 Å². The average Bonchev–Trinajstić information content (AvgIpc) is 3.44. The maximum Gasteiger partial charge on any atom is 0.319 e. The molecule has 1 saturated carbocycles. The summed E-state index contributed by atoms with van der Waals surface area (Å²) in [4.78, 5) is 12.2. The van der Waals surface area contributed by atoms with Crippen LogP contribution in [0.5, 0.6) is 0 Å². The molecule has 1 heterocycles. The van der Waals surface area contributed by atoms with Crippen LogP contribution in [0.2, 0.25) is 0 Å². The molecular formula is C21H24N6O. The van der Waals surface area contributed by atoms with Crippen molar-refractivity contribution in [3.63, 3.8) is 0 Å². The lowest BCUT2D eigenvalue weighted by atomic mass is 10.1. The molecule has 7 nitrogen and oxygen atoms in total. The second kappa shape index (κ2) is 8.21. The van der Waals surface area contributed by atoms with Crippen LogP contribution in [-0.2, 0) is 6.42 Å². The fraction of sp³-hybridized carbons (Fsp3) is 0.333. The number of carbonyl (C=O) groups excluding carboxylic acids is 1. The van der Waals surface area contributed by atoms with Crippen molar-refractivity contribution in [3.05, 3.63) is 60.2 Å². The molecule has 2 N–H and O–H groups in total. The first-order valence-electron chi connectivity index (χ1n) is 9.69. The van der Waals surface area contributed by atoms with Gasteiger partial charge in [-0.25, -0.2) is 9.48 Å². The number of tetrazole rings is 1. The standard InChI is InChI=1S/C21H24N6O/c1-15(7-8-16-5-3-2-4-6-16)22-21(28)23-18-11-9-17(10-12-18)20-24-25-26-27(20)19-13-14-19/h2-6,9-12,15,19H,7-8,13-14H2,1H3,(H2,22,23,28)/t15-/m0/s1. The molecule has 0 unspecified atom stereocenters. The molecule has 4 rings (SSSR count). The van der Waals surface area contributed by atoms with Crippen LogP contribution < -0.4 is 10.6 Å². The van der Waals surface area contributed by atoms with E-state index in [4.69, 9.17) is 0 Å². The number of hydrogen-bond donors (Lipinski definition) is 2. The van der Waals surface area contributed by atoms with E-state index in [1.54, 1.807) is 0 Å². The normalized spacial score (nSPS) is 14.5. The number of aromatic nitrogens is 4. The zero-order chi connectivity index (χ0) is 19.3. The summed E-state index contributed by atoms with van der Waals surface area (Å²) in [6, 6.07) is 18.2. The Morgan fingerprint density at radius 2 is 1.89 bits per heavy atom. The van der Waals surface area contributed by atoms with E-state index in [9.17, 15) is 4.79 Å². The van der Waals surface area contributed by atoms with Gasteiger partial charge in [0.25, 0.3) is 0 Å². The minimum absolute atomic E-state index is 0.0858. The van der Waals surface area contributed by atoms with Gasteiger partial charge in [-0.05, 0) is 72.9 Å². The van der Waals surface area contributed by atoms with E-state index in [-0.39, 0.29) is 12.1 Å². The Labute approximate surface area is 164 Å². The highest BCUT2D eigenvalue weighted by atomic mass is 16.2. The molecule has 0 bridgehead atoms. The Hall–Kier alpha value is -3.22. The Balaban J connectivity index is 1.29. The second-order valence-corrected chi connectivity index (χ2v) is 7.28. The average molecular weight is 376 g/mol. The van der Waals surface area contributed by atoms with Crippen molar-refractivity contribution in [2.75, 3.05) is 5.32 Å². The maximum atomic E-state index is 12.2. The van der Waals surface area contributed by atoms with E-state index in [1.165, 1.54) is 5.56 Å². The highest BCUT2D eigenvalue weighted by Crippen LogP contribution is 2.36. The van der Waals surface area contributed by atoms with Gasteiger partial charge in [-0.15, -0.1) is 5.10 Å². The lowest BCUT2D eigenvalue weighted by Gasteiger charge is -2.15. The monoisotopic (exact) mass is 376 g/mol. The minimum Gasteiger partial charge on any atom is -0.335 e. The van der Waals surface area contributed by atoms with E-state index >= 15 is 0 Å². The molecule has 1 aliphatic carbocycles. The highest BCUT2D eigenvalue weighted by molar-refractivity contribution is 5.89. The third-order valence-corrected chi connectivity index (χ3v) is 4.87. The number of hydrogen-bond acceptors (Lipinski definition) is 4. The second-order valence-electron chi connectivity index (χ2n) is 7.28. The summed E-state index contributed by atoms with van der Waals surface area (Å²) in [5.74, 6) is 0.771. The number of nitrogens with one attached hydrogen (secondary N) is 2. The first-order chi connectivity index (χ1) is 13.7. The van der Waals surface area contributed by atoms with Crippen molar-refractivity contribution in [3.8, 4) is 11.4 Å². The number of amides is 2. The van der Waals surface area contributed by atoms with E-state index in [0.717, 1.165) is 42.8 Å². The molecule has 2 aromatic carbocycles. The molecule has 1 aromatic heterocycles. The molecular weight excluding hydrogens is 352 g/mol. The van der Waals surface area contributed by atoms with Crippen molar-refractivity contribution >= 4 is 11.7 Å². The van der Waals surface area contributed by atoms with Crippen LogP contribution in [0.25, 0.3) is 11.4 Å². The van der Waals surface area contributed by atoms with Gasteiger partial charge in [0.15, 0.2) is 5.82 Å². The number of aryl methyl sites for hydroxylation is 1. The van der Waals surface area contributed by atoms with Gasteiger partial charge < -0.3 is 10.6 Å². The summed E-state index contributed by atoms with van der Waals surface area (Å²) in [5, 5.41) is 17.9. The third-order valence-electron chi connectivity index (χ3n) is 4.87. The Morgan fingerprint density at radius 3 is 2.61 bits per heavy atom. The summed E-state index contributed by atoms with van der Waals surface area (Å²) in [6.45, 7) is 2.02. The molecule has 0 saturated heterocycles. The summed E-state index contributed by atoms with van der Waals surface area (Å²) < 4.78 is 1.88. The maximum absolute atomic E-state index is 12.2. The van der Waals surface area contributed by atoms with Gasteiger partial charge in [0.1, 0.15) is 0 Å². The van der Waals surface area contributed by atoms with Gasteiger partial charge in [0.2, 0.25) is 0 Å². The van der Waals surface area contributed by atoms with Gasteiger partial charge in [0, 0.05) is 17.3 Å². The molecule has 3 aromatic rings. The van der Waals surface area contributed by atoms with E-state index < -0.39 is 0 Å². The topological polar surface area (TPSA) is 84.7 Å². The predicted molar refractivity (Wildman–Crippen MR) is 108 cm³/mol. The quantitative estimate of drug-likeness (QED) is 0.656. The number of rotatable bonds is 7. The number of carbonyl (C=O) groups is 1. The molecule has 7 heteroatoms. The molecule has 1 aliphatic rings. The largest absolute Gasteiger partial charge is 0.335 e. The van der Waals surface area contributed by atoms with Crippen LogP contribution in [0.15, 0.2) is 54.6 Å². The molecule has 144 valence electrons. The summed E-state index contributed by atoms with van der Waals surface area (Å²) in [6.07, 6.45) is 4.08. The van der Waals surface area contributed by atoms with Gasteiger partial charge >= 0.3 is 6.03 Å². The zero-order valence-electron chi connectivity index (χ0n) is 15.9. The van der Waals surface area contributed by atoms with Crippen molar-refractivity contribution in [1.29, 1.82) is 0 Å². The van der Waals surface area contributed by atoms with Crippen molar-refractivity contribution in [1.82, 2.24) is 25.5 Å². The summed E-state index contributed by atoms with van der Waals surface area (Å²) >= 11 is 0. The zero-order valence-corrected chi connectivity index (χ0v) is 15.9. The number of urea groups is 1. The van der Waals surface area contributed by atoms with Crippen molar-refractivity contribution in [2.24, 2.45) is 0 Å². The smallest absolute Gasteiger partial charge is 0.319 e. The number of benzene rings is 2. The first-order valence-corrected chi connectivity index (χ1v) is 9.69. The van der Waals surface area contributed by atoms with E-state index in [2.05, 4.69) is 38.3 Å².